The van der Waals surface area contributed by atoms with Gasteiger partial charge >= 0.3 is 0 Å². The Kier molecular flexibility index (Phi) is 5.78. The third-order valence-corrected chi connectivity index (χ3v) is 5.72. The van der Waals surface area contributed by atoms with Crippen LogP contribution in [0.15, 0.2) is 52.2 Å². The minimum absolute atomic E-state index is 0.124. The van der Waals surface area contributed by atoms with E-state index in [4.69, 9.17) is 13.9 Å². The predicted octanol–water partition coefficient (Wildman–Crippen LogP) is 4.94. The van der Waals surface area contributed by atoms with Crippen LogP contribution in [0.4, 0.5) is 0 Å². The molecular weight excluding hydrogens is 406 g/mol. The number of methoxy groups -OCH3 is 1. The summed E-state index contributed by atoms with van der Waals surface area (Å²) in [4.78, 5) is 28.7. The number of amides is 1. The van der Waals surface area contributed by atoms with Gasteiger partial charge in [-0.1, -0.05) is 31.7 Å². The van der Waals surface area contributed by atoms with E-state index in [-0.39, 0.29) is 17.1 Å². The Morgan fingerprint density at radius 1 is 1.16 bits per heavy atom. The van der Waals surface area contributed by atoms with Gasteiger partial charge in [0.2, 0.25) is 5.76 Å². The second-order valence-electron chi connectivity index (χ2n) is 8.04. The molecule has 1 aliphatic heterocycles. The lowest BCUT2D eigenvalue weighted by Crippen LogP contribution is -2.30. The normalized spacial score (nSPS) is 15.2. The number of aryl methyl sites for hydroxylation is 2. The van der Waals surface area contributed by atoms with Crippen LogP contribution in [0.5, 0.6) is 11.5 Å². The van der Waals surface area contributed by atoms with Crippen molar-refractivity contribution >= 4 is 16.9 Å². The first-order valence-electron chi connectivity index (χ1n) is 10.7. The van der Waals surface area contributed by atoms with Crippen LogP contribution >= 0.6 is 0 Å². The number of hydrogen-bond donors (Lipinski definition) is 0. The Bertz CT molecular complexity index is 1270. The lowest BCUT2D eigenvalue weighted by molar-refractivity contribution is 0.0728. The highest BCUT2D eigenvalue weighted by atomic mass is 16.5. The third-order valence-electron chi connectivity index (χ3n) is 5.72. The zero-order valence-corrected chi connectivity index (χ0v) is 18.9. The Morgan fingerprint density at radius 2 is 1.94 bits per heavy atom. The maximum absolute atomic E-state index is 13.7. The van der Waals surface area contributed by atoms with Crippen LogP contribution in [-0.4, -0.2) is 31.1 Å². The fourth-order valence-corrected chi connectivity index (χ4v) is 4.41. The van der Waals surface area contributed by atoms with Crippen LogP contribution in [0.2, 0.25) is 0 Å². The number of carbonyl (C=O) groups excluding carboxylic acids is 1. The van der Waals surface area contributed by atoms with Crippen molar-refractivity contribution in [2.45, 2.75) is 33.2 Å². The molecule has 0 spiro atoms. The fourth-order valence-electron chi connectivity index (χ4n) is 4.41. The maximum atomic E-state index is 13.7. The van der Waals surface area contributed by atoms with E-state index >= 15 is 0 Å². The van der Waals surface area contributed by atoms with E-state index in [1.54, 1.807) is 24.2 Å². The molecule has 1 amide bonds. The summed E-state index contributed by atoms with van der Waals surface area (Å²) in [6, 6.07) is 8.69. The summed E-state index contributed by atoms with van der Waals surface area (Å²) >= 11 is 0. The van der Waals surface area contributed by atoms with Crippen LogP contribution in [0, 0.1) is 13.8 Å². The summed E-state index contributed by atoms with van der Waals surface area (Å²) in [5.74, 6) is 0.953. The van der Waals surface area contributed by atoms with E-state index in [1.807, 2.05) is 45.0 Å². The first-order valence-corrected chi connectivity index (χ1v) is 10.7. The standard InChI is InChI=1S/C26H27NO5/c1-6-10-27-22(17-8-9-19(31-11-7-2)20(14-17)30-5)21-23(28)18-13-15(3)12-16(4)24(18)32-25(21)26(27)29/h7-9,12-14,22H,2,6,10-11H2,1,3-5H3. The number of benzene rings is 2. The largest absolute Gasteiger partial charge is 0.493 e. The summed E-state index contributed by atoms with van der Waals surface area (Å²) < 4.78 is 17.3. The lowest BCUT2D eigenvalue weighted by Gasteiger charge is -2.25. The molecule has 32 heavy (non-hydrogen) atoms. The van der Waals surface area contributed by atoms with Gasteiger partial charge in [-0.2, -0.15) is 0 Å². The minimum Gasteiger partial charge on any atom is -0.493 e. The highest BCUT2D eigenvalue weighted by molar-refractivity contribution is 5.99. The molecule has 0 radical (unpaired) electrons. The molecule has 0 bridgehead atoms. The molecule has 1 atom stereocenters. The summed E-state index contributed by atoms with van der Waals surface area (Å²) in [7, 11) is 1.56. The first-order chi connectivity index (χ1) is 15.4. The number of ether oxygens (including phenoxy) is 2. The van der Waals surface area contributed by atoms with E-state index in [0.29, 0.717) is 41.2 Å². The Morgan fingerprint density at radius 3 is 2.62 bits per heavy atom. The molecule has 6 nitrogen and oxygen atoms in total. The predicted molar refractivity (Wildman–Crippen MR) is 124 cm³/mol. The molecule has 6 heteroatoms. The molecule has 3 aromatic rings. The van der Waals surface area contributed by atoms with Crippen LogP contribution in [-0.2, 0) is 0 Å². The minimum atomic E-state index is -0.554. The van der Waals surface area contributed by atoms with Crippen molar-refractivity contribution in [1.82, 2.24) is 4.90 Å². The molecule has 2 aromatic carbocycles. The second-order valence-corrected chi connectivity index (χ2v) is 8.04. The van der Waals surface area contributed by atoms with E-state index in [1.165, 1.54) is 0 Å². The number of nitrogens with zero attached hydrogens (tertiary/aromatic N) is 1. The van der Waals surface area contributed by atoms with Crippen molar-refractivity contribution in [2.75, 3.05) is 20.3 Å². The third kappa shape index (κ3) is 3.45. The first kappa shape index (κ1) is 21.7. The van der Waals surface area contributed by atoms with E-state index in [0.717, 1.165) is 23.1 Å². The Hall–Kier alpha value is -3.54. The number of hydrogen-bond acceptors (Lipinski definition) is 5. The van der Waals surface area contributed by atoms with Crippen molar-refractivity contribution in [3.05, 3.63) is 81.2 Å². The van der Waals surface area contributed by atoms with Crippen LogP contribution in [0.1, 0.15) is 52.2 Å². The van der Waals surface area contributed by atoms with Crippen molar-refractivity contribution in [2.24, 2.45) is 0 Å². The number of fused-ring (bicyclic) bond motifs is 2. The Balaban J connectivity index is 1.95. The van der Waals surface area contributed by atoms with Crippen molar-refractivity contribution in [1.29, 1.82) is 0 Å². The van der Waals surface area contributed by atoms with Crippen LogP contribution < -0.4 is 14.9 Å². The van der Waals surface area contributed by atoms with Gasteiger partial charge in [0, 0.05) is 6.54 Å². The summed E-state index contributed by atoms with van der Waals surface area (Å²) in [5.41, 5.74) is 3.25. The molecule has 0 fully saturated rings. The van der Waals surface area contributed by atoms with E-state index < -0.39 is 6.04 Å². The average Bonchev–Trinajstić information content (AvgIpc) is 3.05. The highest BCUT2D eigenvalue weighted by Gasteiger charge is 2.42. The highest BCUT2D eigenvalue weighted by Crippen LogP contribution is 2.41. The van der Waals surface area contributed by atoms with Crippen molar-refractivity contribution < 1.29 is 18.7 Å². The molecule has 4 rings (SSSR count). The van der Waals surface area contributed by atoms with E-state index in [9.17, 15) is 9.59 Å². The SMILES string of the molecule is C=CCOc1ccc(C2c3c(oc4c(C)cc(C)cc4c3=O)C(=O)N2CCC)cc1OC. The zero-order chi connectivity index (χ0) is 23.0. The summed E-state index contributed by atoms with van der Waals surface area (Å²) in [5, 5.41) is 0.496. The molecule has 0 aliphatic carbocycles. The molecule has 0 saturated heterocycles. The van der Waals surface area contributed by atoms with Crippen molar-refractivity contribution in [3.63, 3.8) is 0 Å². The topological polar surface area (TPSA) is 69.0 Å². The average molecular weight is 434 g/mol. The second kappa shape index (κ2) is 8.54. The van der Waals surface area contributed by atoms with Gasteiger partial charge in [-0.25, -0.2) is 0 Å². The maximum Gasteiger partial charge on any atom is 0.290 e. The summed E-state index contributed by atoms with van der Waals surface area (Å²) in [6.07, 6.45) is 2.41. The molecule has 2 heterocycles. The molecule has 0 N–H and O–H groups in total. The van der Waals surface area contributed by atoms with Gasteiger partial charge in [0.1, 0.15) is 12.2 Å². The van der Waals surface area contributed by atoms with Crippen LogP contribution in [0.3, 0.4) is 0 Å². The van der Waals surface area contributed by atoms with Gasteiger partial charge in [-0.15, -0.1) is 0 Å². The Labute approximate surface area is 187 Å². The lowest BCUT2D eigenvalue weighted by atomic mass is 9.97. The quantitative estimate of drug-likeness (QED) is 0.494. The van der Waals surface area contributed by atoms with E-state index in [2.05, 4.69) is 6.58 Å². The van der Waals surface area contributed by atoms with Gasteiger partial charge < -0.3 is 18.8 Å². The van der Waals surface area contributed by atoms with Gasteiger partial charge in [-0.3, -0.25) is 9.59 Å². The van der Waals surface area contributed by atoms with Gasteiger partial charge in [0.15, 0.2) is 16.9 Å². The number of rotatable bonds is 7. The van der Waals surface area contributed by atoms with Gasteiger partial charge in [0.25, 0.3) is 5.91 Å². The van der Waals surface area contributed by atoms with Gasteiger partial charge in [0.05, 0.1) is 24.1 Å². The molecule has 0 saturated carbocycles. The molecular formula is C26H27NO5. The smallest absolute Gasteiger partial charge is 0.290 e. The zero-order valence-electron chi connectivity index (χ0n) is 18.9. The summed E-state index contributed by atoms with van der Waals surface area (Å²) in [6.45, 7) is 10.3. The molecule has 1 aromatic heterocycles. The molecule has 166 valence electrons. The van der Waals surface area contributed by atoms with Crippen molar-refractivity contribution in [3.8, 4) is 11.5 Å². The molecule has 1 unspecified atom stereocenters. The fraction of sp³-hybridized carbons (Fsp3) is 0.308. The monoisotopic (exact) mass is 433 g/mol. The molecule has 1 aliphatic rings. The van der Waals surface area contributed by atoms with Gasteiger partial charge in [-0.05, 0) is 55.2 Å². The number of carbonyl (C=O) groups is 1. The van der Waals surface area contributed by atoms with Crippen LogP contribution in [0.25, 0.3) is 11.0 Å².